The van der Waals surface area contributed by atoms with Gasteiger partial charge in [-0.2, -0.15) is 13.2 Å². The maximum Gasteiger partial charge on any atom is 0.416 e. The molecular weight excluding hydrogens is 237 g/mol. The van der Waals surface area contributed by atoms with Gasteiger partial charge in [0.15, 0.2) is 0 Å². The Bertz CT molecular complexity index is 430. The smallest absolute Gasteiger partial charge is 0.410 e. The first-order valence-corrected chi connectivity index (χ1v) is 4.65. The lowest BCUT2D eigenvalue weighted by molar-refractivity contribution is -0.137. The molecule has 0 spiro atoms. The molecule has 1 aromatic rings. The lowest BCUT2D eigenvalue weighted by atomic mass is 10.0. The van der Waals surface area contributed by atoms with Crippen molar-refractivity contribution in [3.63, 3.8) is 0 Å². The molecule has 0 unspecified atom stereocenters. The Morgan fingerprint density at radius 2 is 1.94 bits per heavy atom. The van der Waals surface area contributed by atoms with E-state index >= 15 is 0 Å². The van der Waals surface area contributed by atoms with E-state index in [0.717, 1.165) is 6.07 Å². The molecule has 1 aromatic carbocycles. The van der Waals surface area contributed by atoms with Gasteiger partial charge in [-0.25, -0.2) is 4.79 Å². The highest BCUT2D eigenvalue weighted by Gasteiger charge is 2.31. The van der Waals surface area contributed by atoms with Crippen molar-refractivity contribution in [3.05, 3.63) is 29.3 Å². The lowest BCUT2D eigenvalue weighted by Gasteiger charge is -2.13. The molecular formula is C10H11F3N2O2. The quantitative estimate of drug-likeness (QED) is 0.841. The van der Waals surface area contributed by atoms with Gasteiger partial charge in [0.1, 0.15) is 5.75 Å². The highest BCUT2D eigenvalue weighted by molar-refractivity contribution is 5.68. The molecule has 94 valence electrons. The summed E-state index contributed by atoms with van der Waals surface area (Å²) in [6.45, 7) is 1.52. The number of nitrogens with two attached hydrogens (primary N) is 2. The highest BCUT2D eigenvalue weighted by Crippen LogP contribution is 2.33. The first kappa shape index (κ1) is 13.3. The van der Waals surface area contributed by atoms with E-state index in [9.17, 15) is 18.0 Å². The van der Waals surface area contributed by atoms with Crippen LogP contribution in [0.4, 0.5) is 18.0 Å². The van der Waals surface area contributed by atoms with Crippen molar-refractivity contribution >= 4 is 6.09 Å². The van der Waals surface area contributed by atoms with Crippen LogP contribution in [0.5, 0.6) is 5.75 Å². The molecule has 0 bridgehead atoms. The normalized spacial score (nSPS) is 13.2. The predicted octanol–water partition coefficient (Wildman–Crippen LogP) is 2.18. The van der Waals surface area contributed by atoms with Crippen molar-refractivity contribution in [2.45, 2.75) is 19.1 Å². The fourth-order valence-electron chi connectivity index (χ4n) is 1.22. The minimum Gasteiger partial charge on any atom is -0.410 e. The minimum absolute atomic E-state index is 0.205. The van der Waals surface area contributed by atoms with Gasteiger partial charge >= 0.3 is 12.3 Å². The van der Waals surface area contributed by atoms with Crippen molar-refractivity contribution in [1.82, 2.24) is 0 Å². The number of hydrogen-bond acceptors (Lipinski definition) is 3. The van der Waals surface area contributed by atoms with Crippen LogP contribution in [0, 0.1) is 0 Å². The van der Waals surface area contributed by atoms with Crippen LogP contribution in [0.25, 0.3) is 0 Å². The summed E-state index contributed by atoms with van der Waals surface area (Å²) in [5.74, 6) is -0.278. The topological polar surface area (TPSA) is 78.3 Å². The summed E-state index contributed by atoms with van der Waals surface area (Å²) in [5, 5.41) is 0. The van der Waals surface area contributed by atoms with Gasteiger partial charge in [-0.05, 0) is 30.7 Å². The third kappa shape index (κ3) is 3.63. The minimum atomic E-state index is -4.54. The predicted molar refractivity (Wildman–Crippen MR) is 54.3 cm³/mol. The van der Waals surface area contributed by atoms with Gasteiger partial charge in [-0.15, -0.1) is 0 Å². The fourth-order valence-corrected chi connectivity index (χ4v) is 1.22. The van der Waals surface area contributed by atoms with Crippen molar-refractivity contribution in [2.75, 3.05) is 0 Å². The van der Waals surface area contributed by atoms with Crippen LogP contribution in [0.1, 0.15) is 24.1 Å². The molecule has 0 aliphatic heterocycles. The van der Waals surface area contributed by atoms with Crippen molar-refractivity contribution in [1.29, 1.82) is 0 Å². The van der Waals surface area contributed by atoms with E-state index in [2.05, 4.69) is 4.74 Å². The number of carbonyl (C=O) groups excluding carboxylic acids is 1. The third-order valence-corrected chi connectivity index (χ3v) is 2.00. The Hall–Kier alpha value is -1.76. The van der Waals surface area contributed by atoms with Crippen LogP contribution in [0.15, 0.2) is 18.2 Å². The summed E-state index contributed by atoms with van der Waals surface area (Å²) in [6.07, 6.45) is -5.72. The summed E-state index contributed by atoms with van der Waals surface area (Å²) in [6, 6.07) is 2.22. The Morgan fingerprint density at radius 3 is 2.35 bits per heavy atom. The van der Waals surface area contributed by atoms with Gasteiger partial charge in [0.2, 0.25) is 0 Å². The first-order valence-electron chi connectivity index (χ1n) is 4.65. The van der Waals surface area contributed by atoms with E-state index in [0.29, 0.717) is 6.07 Å². The van der Waals surface area contributed by atoms with Crippen LogP contribution < -0.4 is 16.2 Å². The molecule has 0 heterocycles. The standard InChI is InChI=1S/C10H11F3N2O2/c1-5(14)6-2-7(10(11,12)13)4-8(3-6)17-9(15)16/h2-5H,14H2,1H3,(H2,15,16)/t5-/m1/s1. The van der Waals surface area contributed by atoms with Gasteiger partial charge in [0.05, 0.1) is 5.56 Å². The molecule has 0 aliphatic rings. The number of benzene rings is 1. The number of amides is 1. The molecule has 1 rings (SSSR count). The number of primary amides is 1. The van der Waals surface area contributed by atoms with Crippen molar-refractivity contribution in [2.24, 2.45) is 11.5 Å². The van der Waals surface area contributed by atoms with E-state index in [-0.39, 0.29) is 11.3 Å². The zero-order valence-electron chi connectivity index (χ0n) is 8.91. The molecule has 4 N–H and O–H groups in total. The Labute approximate surface area is 95.3 Å². The van der Waals surface area contributed by atoms with Gasteiger partial charge in [0, 0.05) is 6.04 Å². The zero-order chi connectivity index (χ0) is 13.2. The number of rotatable bonds is 2. The second-order valence-corrected chi connectivity index (χ2v) is 3.50. The Balaban J connectivity index is 3.23. The molecule has 1 amide bonds. The average Bonchev–Trinajstić information content (AvgIpc) is 2.14. The van der Waals surface area contributed by atoms with Gasteiger partial charge in [-0.1, -0.05) is 0 Å². The summed E-state index contributed by atoms with van der Waals surface area (Å²) in [7, 11) is 0. The van der Waals surface area contributed by atoms with Gasteiger partial charge in [-0.3, -0.25) is 0 Å². The van der Waals surface area contributed by atoms with E-state index < -0.39 is 23.9 Å². The maximum absolute atomic E-state index is 12.5. The molecule has 0 radical (unpaired) electrons. The second kappa shape index (κ2) is 4.62. The zero-order valence-corrected chi connectivity index (χ0v) is 8.91. The van der Waals surface area contributed by atoms with Gasteiger partial charge in [0.25, 0.3) is 0 Å². The van der Waals surface area contributed by atoms with Crippen LogP contribution in [0.3, 0.4) is 0 Å². The molecule has 0 aromatic heterocycles. The fraction of sp³-hybridized carbons (Fsp3) is 0.300. The summed E-state index contributed by atoms with van der Waals surface area (Å²) in [5.41, 5.74) is 9.49. The van der Waals surface area contributed by atoms with Crippen LogP contribution in [-0.4, -0.2) is 6.09 Å². The first-order chi connectivity index (χ1) is 7.70. The Kier molecular flexibility index (Phi) is 3.62. The van der Waals surface area contributed by atoms with Crippen LogP contribution in [-0.2, 0) is 6.18 Å². The molecule has 0 aliphatic carbocycles. The second-order valence-electron chi connectivity index (χ2n) is 3.50. The summed E-state index contributed by atoms with van der Waals surface area (Å²) >= 11 is 0. The molecule has 0 saturated carbocycles. The van der Waals surface area contributed by atoms with Crippen LogP contribution >= 0.6 is 0 Å². The van der Waals surface area contributed by atoms with E-state index in [4.69, 9.17) is 11.5 Å². The summed E-state index contributed by atoms with van der Waals surface area (Å²) in [4.78, 5) is 10.5. The third-order valence-electron chi connectivity index (χ3n) is 2.00. The number of hydrogen-bond donors (Lipinski definition) is 2. The molecule has 7 heteroatoms. The lowest BCUT2D eigenvalue weighted by Crippen LogP contribution is -2.17. The number of ether oxygens (including phenoxy) is 1. The van der Waals surface area contributed by atoms with Crippen molar-refractivity contribution < 1.29 is 22.7 Å². The molecule has 1 atom stereocenters. The monoisotopic (exact) mass is 248 g/mol. The Morgan fingerprint density at radius 1 is 1.35 bits per heavy atom. The number of carbonyl (C=O) groups is 1. The molecule has 0 saturated heterocycles. The molecule has 4 nitrogen and oxygen atoms in total. The SMILES string of the molecule is C[C@@H](N)c1cc(OC(N)=O)cc(C(F)(F)F)c1. The molecule has 0 fully saturated rings. The van der Waals surface area contributed by atoms with E-state index in [1.807, 2.05) is 0 Å². The van der Waals surface area contributed by atoms with E-state index in [1.165, 1.54) is 13.0 Å². The average molecular weight is 248 g/mol. The molecule has 17 heavy (non-hydrogen) atoms. The van der Waals surface area contributed by atoms with Gasteiger partial charge < -0.3 is 16.2 Å². The highest BCUT2D eigenvalue weighted by atomic mass is 19.4. The van der Waals surface area contributed by atoms with Crippen molar-refractivity contribution in [3.8, 4) is 5.75 Å². The largest absolute Gasteiger partial charge is 0.416 e. The van der Waals surface area contributed by atoms with E-state index in [1.54, 1.807) is 0 Å². The van der Waals surface area contributed by atoms with Crippen LogP contribution in [0.2, 0.25) is 0 Å². The number of alkyl halides is 3. The maximum atomic E-state index is 12.5. The number of halogens is 3. The summed E-state index contributed by atoms with van der Waals surface area (Å²) < 4.78 is 42.0.